The lowest BCUT2D eigenvalue weighted by atomic mass is 10.1. The fraction of sp³-hybridized carbons (Fsp3) is 0.467. The van der Waals surface area contributed by atoms with E-state index in [-0.39, 0.29) is 30.7 Å². The Kier molecular flexibility index (Phi) is 4.22. The van der Waals surface area contributed by atoms with E-state index in [0.717, 1.165) is 5.56 Å². The minimum absolute atomic E-state index is 0.0180. The van der Waals surface area contributed by atoms with E-state index in [1.54, 1.807) is 9.80 Å². The maximum atomic E-state index is 12.0. The van der Waals surface area contributed by atoms with Crippen molar-refractivity contribution in [2.24, 2.45) is 5.73 Å². The number of carbonyl (C=O) groups excluding carboxylic acids is 2. The molecule has 118 valence electrons. The van der Waals surface area contributed by atoms with Crippen LogP contribution < -0.4 is 5.73 Å². The van der Waals surface area contributed by atoms with Gasteiger partial charge in [-0.3, -0.25) is 9.69 Å². The topological polar surface area (TPSA) is 75.9 Å². The van der Waals surface area contributed by atoms with Crippen molar-refractivity contribution < 1.29 is 14.3 Å². The molecular weight excluding hydrogens is 306 g/mol. The number of hydrogen-bond donors (Lipinski definition) is 1. The van der Waals surface area contributed by atoms with Gasteiger partial charge in [-0.1, -0.05) is 23.7 Å². The molecule has 1 aromatic carbocycles. The van der Waals surface area contributed by atoms with Gasteiger partial charge in [0.05, 0.1) is 19.1 Å². The van der Waals surface area contributed by atoms with Crippen LogP contribution in [0, 0.1) is 0 Å². The Balaban J connectivity index is 1.63. The summed E-state index contributed by atoms with van der Waals surface area (Å²) in [7, 11) is 0. The Labute approximate surface area is 133 Å². The minimum Gasteiger partial charge on any atom is -0.442 e. The molecular formula is C15H18ClN3O3. The number of carbonyl (C=O) groups is 2. The van der Waals surface area contributed by atoms with Gasteiger partial charge in [0.1, 0.15) is 6.10 Å². The molecule has 2 fully saturated rings. The van der Waals surface area contributed by atoms with E-state index in [4.69, 9.17) is 22.1 Å². The van der Waals surface area contributed by atoms with Gasteiger partial charge in [0.2, 0.25) is 5.91 Å². The van der Waals surface area contributed by atoms with E-state index in [0.29, 0.717) is 31.1 Å². The fourth-order valence-electron chi connectivity index (χ4n) is 3.04. The van der Waals surface area contributed by atoms with Gasteiger partial charge in [-0.2, -0.15) is 0 Å². The van der Waals surface area contributed by atoms with E-state index in [1.165, 1.54) is 0 Å². The lowest BCUT2D eigenvalue weighted by Gasteiger charge is -2.22. The first-order chi connectivity index (χ1) is 10.6. The monoisotopic (exact) mass is 323 g/mol. The number of halogens is 1. The molecule has 2 N–H and O–H groups in total. The van der Waals surface area contributed by atoms with Crippen molar-refractivity contribution in [3.8, 4) is 0 Å². The summed E-state index contributed by atoms with van der Waals surface area (Å²) in [6.45, 7) is 1.45. The van der Waals surface area contributed by atoms with Crippen LogP contribution in [-0.4, -0.2) is 60.1 Å². The summed E-state index contributed by atoms with van der Waals surface area (Å²) in [5, 5.41) is 0.681. The van der Waals surface area contributed by atoms with Crippen LogP contribution in [0.5, 0.6) is 0 Å². The van der Waals surface area contributed by atoms with E-state index in [2.05, 4.69) is 0 Å². The number of nitrogens with two attached hydrogens (primary N) is 1. The maximum absolute atomic E-state index is 12.0. The number of fused-ring (bicyclic) bond motifs is 1. The molecule has 0 bridgehead atoms. The molecule has 2 heterocycles. The van der Waals surface area contributed by atoms with Crippen LogP contribution in [0.3, 0.4) is 0 Å². The summed E-state index contributed by atoms with van der Waals surface area (Å²) in [6, 6.07) is 7.49. The molecule has 2 atom stereocenters. The highest BCUT2D eigenvalue weighted by Gasteiger charge is 2.48. The van der Waals surface area contributed by atoms with E-state index >= 15 is 0 Å². The number of rotatable bonds is 4. The molecule has 22 heavy (non-hydrogen) atoms. The van der Waals surface area contributed by atoms with Gasteiger partial charge < -0.3 is 15.4 Å². The Bertz CT molecular complexity index is 595. The molecule has 0 unspecified atom stereocenters. The van der Waals surface area contributed by atoms with Crippen LogP contribution >= 0.6 is 11.6 Å². The highest BCUT2D eigenvalue weighted by molar-refractivity contribution is 6.30. The number of amides is 2. The van der Waals surface area contributed by atoms with Gasteiger partial charge in [-0.25, -0.2) is 4.79 Å². The maximum Gasteiger partial charge on any atom is 0.410 e. The van der Waals surface area contributed by atoms with Crippen molar-refractivity contribution in [1.82, 2.24) is 9.80 Å². The van der Waals surface area contributed by atoms with Crippen LogP contribution in [0.1, 0.15) is 5.56 Å². The van der Waals surface area contributed by atoms with Gasteiger partial charge in [0.25, 0.3) is 0 Å². The van der Waals surface area contributed by atoms with Crippen LogP contribution in [0.25, 0.3) is 0 Å². The largest absolute Gasteiger partial charge is 0.442 e. The average Bonchev–Trinajstić information content (AvgIpc) is 3.02. The van der Waals surface area contributed by atoms with Crippen LogP contribution in [0.2, 0.25) is 5.02 Å². The van der Waals surface area contributed by atoms with Crippen molar-refractivity contribution >= 4 is 23.6 Å². The third kappa shape index (κ3) is 2.89. The van der Waals surface area contributed by atoms with E-state index in [1.807, 2.05) is 24.3 Å². The number of benzene rings is 1. The fourth-order valence-corrected chi connectivity index (χ4v) is 3.25. The van der Waals surface area contributed by atoms with Crippen LogP contribution in [0.15, 0.2) is 24.3 Å². The zero-order valence-electron chi connectivity index (χ0n) is 12.1. The van der Waals surface area contributed by atoms with Gasteiger partial charge in [0.15, 0.2) is 0 Å². The molecule has 3 rings (SSSR count). The second-order valence-corrected chi connectivity index (χ2v) is 6.00. The van der Waals surface area contributed by atoms with Gasteiger partial charge in [-0.15, -0.1) is 0 Å². The molecule has 0 aliphatic carbocycles. The number of likely N-dealkylation sites (tertiary alicyclic amines) is 1. The van der Waals surface area contributed by atoms with Gasteiger partial charge in [0, 0.05) is 18.1 Å². The number of nitrogens with zero attached hydrogens (tertiary/aromatic N) is 2. The second kappa shape index (κ2) is 6.14. The molecule has 2 saturated heterocycles. The zero-order valence-corrected chi connectivity index (χ0v) is 12.8. The first kappa shape index (κ1) is 15.1. The molecule has 0 aromatic heterocycles. The first-order valence-electron chi connectivity index (χ1n) is 7.28. The molecule has 2 aliphatic rings. The first-order valence-corrected chi connectivity index (χ1v) is 7.66. The predicted octanol–water partition coefficient (Wildman–Crippen LogP) is 0.873. The SMILES string of the molecule is NCC(=O)N1C[C@@H]2OC(=O)N(CCc3cccc(Cl)c3)[C@@H]2C1. The Morgan fingerprint density at radius 1 is 1.41 bits per heavy atom. The third-order valence-electron chi connectivity index (χ3n) is 4.18. The van der Waals surface area contributed by atoms with Crippen molar-refractivity contribution in [3.63, 3.8) is 0 Å². The highest BCUT2D eigenvalue weighted by Crippen LogP contribution is 2.27. The summed E-state index contributed by atoms with van der Waals surface area (Å²) < 4.78 is 5.36. The number of ether oxygens (including phenoxy) is 1. The standard InChI is InChI=1S/C15H18ClN3O3/c16-11-3-1-2-10(6-11)4-5-19-12-8-18(14(20)7-17)9-13(12)22-15(19)21/h1-3,6,12-13H,4-5,7-9,17H2/t12-,13+/m1/s1. The Morgan fingerprint density at radius 2 is 2.23 bits per heavy atom. The van der Waals surface area contributed by atoms with Gasteiger partial charge >= 0.3 is 6.09 Å². The van der Waals surface area contributed by atoms with Crippen molar-refractivity contribution in [1.29, 1.82) is 0 Å². The molecule has 0 spiro atoms. The summed E-state index contributed by atoms with van der Waals surface area (Å²) >= 11 is 5.97. The minimum atomic E-state index is -0.308. The summed E-state index contributed by atoms with van der Waals surface area (Å²) in [4.78, 5) is 27.0. The summed E-state index contributed by atoms with van der Waals surface area (Å²) in [5.74, 6) is -0.111. The molecule has 1 aromatic rings. The van der Waals surface area contributed by atoms with Crippen LogP contribution in [-0.2, 0) is 16.0 Å². The zero-order chi connectivity index (χ0) is 15.7. The van der Waals surface area contributed by atoms with Crippen molar-refractivity contribution in [2.75, 3.05) is 26.2 Å². The van der Waals surface area contributed by atoms with E-state index in [9.17, 15) is 9.59 Å². The molecule has 2 aliphatic heterocycles. The lowest BCUT2D eigenvalue weighted by Crippen LogP contribution is -2.41. The smallest absolute Gasteiger partial charge is 0.410 e. The Hall–Kier alpha value is -1.79. The molecule has 7 heteroatoms. The molecule has 6 nitrogen and oxygen atoms in total. The van der Waals surface area contributed by atoms with E-state index < -0.39 is 0 Å². The lowest BCUT2D eigenvalue weighted by molar-refractivity contribution is -0.129. The molecule has 0 saturated carbocycles. The highest BCUT2D eigenvalue weighted by atomic mass is 35.5. The quantitative estimate of drug-likeness (QED) is 0.892. The van der Waals surface area contributed by atoms with Crippen molar-refractivity contribution in [2.45, 2.75) is 18.6 Å². The summed E-state index contributed by atoms with van der Waals surface area (Å²) in [6.07, 6.45) is 0.142. The predicted molar refractivity (Wildman–Crippen MR) is 81.6 cm³/mol. The van der Waals surface area contributed by atoms with Gasteiger partial charge in [-0.05, 0) is 24.1 Å². The molecule has 2 amide bonds. The average molecular weight is 324 g/mol. The summed E-state index contributed by atoms with van der Waals surface area (Å²) in [5.41, 5.74) is 6.45. The number of hydrogen-bond acceptors (Lipinski definition) is 4. The van der Waals surface area contributed by atoms with Crippen molar-refractivity contribution in [3.05, 3.63) is 34.9 Å². The second-order valence-electron chi connectivity index (χ2n) is 5.57. The molecule has 0 radical (unpaired) electrons. The van der Waals surface area contributed by atoms with Crippen LogP contribution in [0.4, 0.5) is 4.79 Å². The normalized spacial score (nSPS) is 23.6. The Morgan fingerprint density at radius 3 is 2.95 bits per heavy atom. The third-order valence-corrected chi connectivity index (χ3v) is 4.42.